The Morgan fingerprint density at radius 2 is 1.67 bits per heavy atom. The van der Waals surface area contributed by atoms with Gasteiger partial charge < -0.3 is 29.7 Å². The molecule has 1 saturated heterocycles. The molecule has 160 valence electrons. The summed E-state index contributed by atoms with van der Waals surface area (Å²) in [6, 6.07) is 11.9. The van der Waals surface area contributed by atoms with Gasteiger partial charge in [0.25, 0.3) is 0 Å². The molecule has 2 aromatic carbocycles. The van der Waals surface area contributed by atoms with E-state index >= 15 is 0 Å². The van der Waals surface area contributed by atoms with Gasteiger partial charge in [0, 0.05) is 23.7 Å². The van der Waals surface area contributed by atoms with E-state index in [1.807, 2.05) is 48.9 Å². The van der Waals surface area contributed by atoms with Crippen LogP contribution in [-0.4, -0.2) is 56.0 Å². The number of ether oxygens (including phenoxy) is 1. The Labute approximate surface area is 179 Å². The highest BCUT2D eigenvalue weighted by Gasteiger charge is 2.45. The minimum Gasteiger partial charge on any atom is -0.394 e. The first kappa shape index (κ1) is 21.3. The lowest BCUT2D eigenvalue weighted by atomic mass is 9.90. The molecule has 0 aliphatic carbocycles. The number of benzene rings is 2. The number of aliphatic hydroxyl groups excluding tert-OH is 4. The zero-order chi connectivity index (χ0) is 21.6. The van der Waals surface area contributed by atoms with Gasteiger partial charge in [-0.3, -0.25) is 0 Å². The van der Waals surface area contributed by atoms with Crippen LogP contribution in [0.15, 0.2) is 42.6 Å². The number of fused-ring (bicyclic) bond motifs is 1. The average molecular weight is 432 g/mol. The molecule has 1 fully saturated rings. The second-order valence-electron chi connectivity index (χ2n) is 8.04. The molecule has 4 rings (SSSR count). The fourth-order valence-corrected chi connectivity index (χ4v) is 4.46. The standard InChI is InChI=1S/C23H26ClNO5/c1-12-3-6-14(7-4-12)9-25-10-15(18-13(2)5-8-16(24)19(18)25)23-22(29)21(28)20(27)17(11-26)30-23/h3-8,10,17,20-23,26-29H,9,11H2,1-2H3/t17-,20-,21+,22-,23+/m1/s1. The number of rotatable bonds is 4. The van der Waals surface area contributed by atoms with Gasteiger partial charge in [-0.1, -0.05) is 47.5 Å². The first-order valence-electron chi connectivity index (χ1n) is 9.95. The van der Waals surface area contributed by atoms with Gasteiger partial charge in [-0.25, -0.2) is 0 Å². The topological polar surface area (TPSA) is 95.1 Å². The summed E-state index contributed by atoms with van der Waals surface area (Å²) in [6.45, 7) is 4.08. The fourth-order valence-electron chi connectivity index (χ4n) is 4.20. The van der Waals surface area contributed by atoms with Crippen molar-refractivity contribution in [3.8, 4) is 0 Å². The molecule has 0 unspecified atom stereocenters. The van der Waals surface area contributed by atoms with E-state index in [0.717, 1.165) is 22.0 Å². The van der Waals surface area contributed by atoms with E-state index in [1.54, 1.807) is 0 Å². The summed E-state index contributed by atoms with van der Waals surface area (Å²) < 4.78 is 7.84. The van der Waals surface area contributed by atoms with Crippen molar-refractivity contribution in [1.82, 2.24) is 4.57 Å². The van der Waals surface area contributed by atoms with Gasteiger partial charge in [0.1, 0.15) is 30.5 Å². The van der Waals surface area contributed by atoms with E-state index < -0.39 is 37.1 Å². The lowest BCUT2D eigenvalue weighted by Gasteiger charge is -2.40. The highest BCUT2D eigenvalue weighted by molar-refractivity contribution is 6.35. The van der Waals surface area contributed by atoms with Crippen LogP contribution >= 0.6 is 11.6 Å². The molecule has 0 saturated carbocycles. The van der Waals surface area contributed by atoms with E-state index in [9.17, 15) is 20.4 Å². The van der Waals surface area contributed by atoms with Crippen molar-refractivity contribution in [3.63, 3.8) is 0 Å². The van der Waals surface area contributed by atoms with Crippen LogP contribution in [0, 0.1) is 13.8 Å². The summed E-state index contributed by atoms with van der Waals surface area (Å²) in [5, 5.41) is 42.0. The van der Waals surface area contributed by atoms with E-state index in [2.05, 4.69) is 12.1 Å². The van der Waals surface area contributed by atoms with Crippen molar-refractivity contribution in [3.05, 3.63) is 69.9 Å². The largest absolute Gasteiger partial charge is 0.394 e. The van der Waals surface area contributed by atoms with Gasteiger partial charge in [-0.15, -0.1) is 0 Å². The predicted octanol–water partition coefficient (Wildman–Crippen LogP) is 2.47. The maximum Gasteiger partial charge on any atom is 0.114 e. The van der Waals surface area contributed by atoms with Crippen LogP contribution in [0.4, 0.5) is 0 Å². The molecule has 3 aromatic rings. The molecule has 0 bridgehead atoms. The van der Waals surface area contributed by atoms with E-state index in [0.29, 0.717) is 17.1 Å². The quantitative estimate of drug-likeness (QED) is 0.509. The lowest BCUT2D eigenvalue weighted by molar-refractivity contribution is -0.231. The fraction of sp³-hybridized carbons (Fsp3) is 0.391. The Morgan fingerprint density at radius 1 is 0.967 bits per heavy atom. The van der Waals surface area contributed by atoms with Crippen molar-refractivity contribution in [2.24, 2.45) is 0 Å². The molecule has 1 aliphatic heterocycles. The normalized spacial score (nSPS) is 27.0. The Morgan fingerprint density at radius 3 is 2.33 bits per heavy atom. The number of halogens is 1. The summed E-state index contributed by atoms with van der Waals surface area (Å²) in [7, 11) is 0. The highest BCUT2D eigenvalue weighted by atomic mass is 35.5. The van der Waals surface area contributed by atoms with Crippen LogP contribution in [0.1, 0.15) is 28.4 Å². The minimum absolute atomic E-state index is 0.469. The molecule has 1 aromatic heterocycles. The summed E-state index contributed by atoms with van der Waals surface area (Å²) >= 11 is 6.57. The van der Waals surface area contributed by atoms with Crippen molar-refractivity contribution < 1.29 is 25.2 Å². The Kier molecular flexibility index (Phi) is 5.90. The number of aliphatic hydroxyl groups is 4. The number of aryl methyl sites for hydroxylation is 2. The molecule has 4 N–H and O–H groups in total. The molecule has 0 radical (unpaired) electrons. The molecule has 1 aliphatic rings. The SMILES string of the molecule is Cc1ccc(Cn2cc([C@@H]3O[C@H](CO)[C@@H](O)[C@H](O)[C@H]3O)c3c(C)ccc(Cl)c32)cc1. The monoisotopic (exact) mass is 431 g/mol. The van der Waals surface area contributed by atoms with Gasteiger partial charge in [-0.05, 0) is 31.0 Å². The van der Waals surface area contributed by atoms with Gasteiger partial charge in [0.15, 0.2) is 0 Å². The minimum atomic E-state index is -1.43. The Balaban J connectivity index is 1.84. The highest BCUT2D eigenvalue weighted by Crippen LogP contribution is 2.40. The van der Waals surface area contributed by atoms with Crippen molar-refractivity contribution >= 4 is 22.5 Å². The molecular weight excluding hydrogens is 406 g/mol. The second kappa shape index (κ2) is 8.30. The number of nitrogens with zero attached hydrogens (tertiary/aromatic N) is 1. The molecule has 7 heteroatoms. The van der Waals surface area contributed by atoms with Crippen LogP contribution < -0.4 is 0 Å². The summed E-state index contributed by atoms with van der Waals surface area (Å²) in [6.07, 6.45) is -4.19. The summed E-state index contributed by atoms with van der Waals surface area (Å²) in [5.74, 6) is 0. The van der Waals surface area contributed by atoms with Crippen LogP contribution in [0.25, 0.3) is 10.9 Å². The maximum absolute atomic E-state index is 10.7. The third kappa shape index (κ3) is 3.64. The third-order valence-electron chi connectivity index (χ3n) is 5.88. The van der Waals surface area contributed by atoms with E-state index in [1.165, 1.54) is 5.56 Å². The van der Waals surface area contributed by atoms with Gasteiger partial charge >= 0.3 is 0 Å². The van der Waals surface area contributed by atoms with E-state index in [4.69, 9.17) is 16.3 Å². The van der Waals surface area contributed by atoms with Crippen molar-refractivity contribution in [2.75, 3.05) is 6.61 Å². The molecule has 30 heavy (non-hydrogen) atoms. The second-order valence-corrected chi connectivity index (χ2v) is 8.44. The van der Waals surface area contributed by atoms with Crippen LogP contribution in [-0.2, 0) is 11.3 Å². The smallest absolute Gasteiger partial charge is 0.114 e. The molecule has 0 amide bonds. The molecule has 2 heterocycles. The molecule has 5 atom stereocenters. The first-order valence-corrected chi connectivity index (χ1v) is 10.3. The third-order valence-corrected chi connectivity index (χ3v) is 6.19. The summed E-state index contributed by atoms with van der Waals surface area (Å²) in [4.78, 5) is 0. The first-order chi connectivity index (χ1) is 14.3. The Hall–Kier alpha value is -1.93. The van der Waals surface area contributed by atoms with Gasteiger partial charge in [-0.2, -0.15) is 0 Å². The zero-order valence-electron chi connectivity index (χ0n) is 16.9. The van der Waals surface area contributed by atoms with Gasteiger partial charge in [0.2, 0.25) is 0 Å². The number of aromatic nitrogens is 1. The van der Waals surface area contributed by atoms with Crippen molar-refractivity contribution in [2.45, 2.75) is 50.9 Å². The number of hydrogen-bond donors (Lipinski definition) is 4. The van der Waals surface area contributed by atoms with Crippen LogP contribution in [0.3, 0.4) is 0 Å². The van der Waals surface area contributed by atoms with Crippen LogP contribution in [0.5, 0.6) is 0 Å². The predicted molar refractivity (Wildman–Crippen MR) is 115 cm³/mol. The van der Waals surface area contributed by atoms with Crippen molar-refractivity contribution in [1.29, 1.82) is 0 Å². The van der Waals surface area contributed by atoms with E-state index in [-0.39, 0.29) is 0 Å². The number of hydrogen-bond acceptors (Lipinski definition) is 5. The zero-order valence-corrected chi connectivity index (χ0v) is 17.6. The van der Waals surface area contributed by atoms with Gasteiger partial charge in [0.05, 0.1) is 17.1 Å². The molecule has 0 spiro atoms. The molecule has 6 nitrogen and oxygen atoms in total. The average Bonchev–Trinajstić information content (AvgIpc) is 3.11. The molecular formula is C23H26ClNO5. The lowest BCUT2D eigenvalue weighted by Crippen LogP contribution is -2.55. The Bertz CT molecular complexity index is 1050. The van der Waals surface area contributed by atoms with Crippen LogP contribution in [0.2, 0.25) is 5.02 Å². The maximum atomic E-state index is 10.7. The summed E-state index contributed by atoms with van der Waals surface area (Å²) in [5.41, 5.74) is 4.68.